The number of hydrogen-bond donors (Lipinski definition) is 0. The van der Waals surface area contributed by atoms with Crippen molar-refractivity contribution in [1.82, 2.24) is 9.88 Å². The Balaban J connectivity index is 1.76. The largest absolute Gasteiger partial charge is 0.380 e. The Bertz CT molecular complexity index is 947. The van der Waals surface area contributed by atoms with Crippen LogP contribution < -0.4 is 0 Å². The van der Waals surface area contributed by atoms with Crippen molar-refractivity contribution in [3.05, 3.63) is 41.0 Å². The summed E-state index contributed by atoms with van der Waals surface area (Å²) in [6.07, 6.45) is 2.15. The first kappa shape index (κ1) is 16.8. The molecule has 8 heteroatoms. The molecule has 0 aliphatic carbocycles. The lowest BCUT2D eigenvalue weighted by atomic mass is 10.0. The highest BCUT2D eigenvalue weighted by Crippen LogP contribution is 2.30. The molecule has 0 radical (unpaired) electrons. The van der Waals surface area contributed by atoms with Crippen molar-refractivity contribution in [1.29, 1.82) is 0 Å². The summed E-state index contributed by atoms with van der Waals surface area (Å²) in [7, 11) is -3.24. The van der Waals surface area contributed by atoms with Crippen LogP contribution in [0.2, 0.25) is 5.02 Å². The van der Waals surface area contributed by atoms with E-state index in [1.165, 1.54) is 0 Å². The minimum Gasteiger partial charge on any atom is -0.380 e. The van der Waals surface area contributed by atoms with E-state index in [0.717, 1.165) is 5.39 Å². The zero-order valence-electron chi connectivity index (χ0n) is 13.4. The zero-order valence-corrected chi connectivity index (χ0v) is 15.0. The molecule has 4 rings (SSSR count). The Kier molecular flexibility index (Phi) is 4.17. The fourth-order valence-corrected chi connectivity index (χ4v) is 5.71. The van der Waals surface area contributed by atoms with Gasteiger partial charge in [0.25, 0.3) is 5.91 Å². The molecule has 0 bridgehead atoms. The maximum atomic E-state index is 13.2. The van der Waals surface area contributed by atoms with Crippen LogP contribution in [0.25, 0.3) is 10.9 Å². The standard InChI is InChI=1S/C17H17ClN2O4S/c18-12-8-11-2-1-4-19-16(11)13(9-12)17(21)20-5-7-25(22,23)15-10-24-6-3-14(15)20/h1-2,4,8-9,14-15H,3,5-7,10H2/t14-,15-/m1/s1. The lowest BCUT2D eigenvalue weighted by Gasteiger charge is -2.43. The number of ether oxygens (including phenoxy) is 1. The third kappa shape index (κ3) is 2.90. The summed E-state index contributed by atoms with van der Waals surface area (Å²) in [5.41, 5.74) is 0.988. The smallest absolute Gasteiger partial charge is 0.256 e. The maximum Gasteiger partial charge on any atom is 0.256 e. The topological polar surface area (TPSA) is 76.6 Å². The SMILES string of the molecule is O=C(c1cc(Cl)cc2cccnc12)N1CCS(=O)(=O)[C@@H]2COCC[C@H]21. The second-order valence-corrected chi connectivity index (χ2v) is 9.14. The van der Waals surface area contributed by atoms with Crippen LogP contribution in [-0.2, 0) is 14.6 Å². The van der Waals surface area contributed by atoms with Crippen LogP contribution >= 0.6 is 11.6 Å². The van der Waals surface area contributed by atoms with Gasteiger partial charge in [0, 0.05) is 29.8 Å². The van der Waals surface area contributed by atoms with Gasteiger partial charge in [0.15, 0.2) is 9.84 Å². The molecule has 2 atom stereocenters. The van der Waals surface area contributed by atoms with Crippen LogP contribution in [0.1, 0.15) is 16.8 Å². The van der Waals surface area contributed by atoms with Crippen molar-refractivity contribution in [2.75, 3.05) is 25.5 Å². The monoisotopic (exact) mass is 380 g/mol. The van der Waals surface area contributed by atoms with Crippen molar-refractivity contribution < 1.29 is 17.9 Å². The van der Waals surface area contributed by atoms with Gasteiger partial charge in [-0.25, -0.2) is 8.42 Å². The Morgan fingerprint density at radius 3 is 3.04 bits per heavy atom. The summed E-state index contributed by atoms with van der Waals surface area (Å²) >= 11 is 6.18. The quantitative estimate of drug-likeness (QED) is 0.755. The van der Waals surface area contributed by atoms with Crippen molar-refractivity contribution in [2.45, 2.75) is 17.7 Å². The van der Waals surface area contributed by atoms with E-state index in [-0.39, 0.29) is 30.9 Å². The van der Waals surface area contributed by atoms with E-state index < -0.39 is 15.1 Å². The Hall–Kier alpha value is -1.70. The Labute approximate surface area is 150 Å². The van der Waals surface area contributed by atoms with E-state index in [1.54, 1.807) is 29.3 Å². The average Bonchev–Trinajstić information content (AvgIpc) is 2.61. The number of carbonyl (C=O) groups is 1. The maximum absolute atomic E-state index is 13.2. The van der Waals surface area contributed by atoms with Crippen LogP contribution in [0.4, 0.5) is 0 Å². The number of pyridine rings is 1. The third-order valence-electron chi connectivity index (χ3n) is 4.91. The van der Waals surface area contributed by atoms with Gasteiger partial charge in [0.2, 0.25) is 0 Å². The number of fused-ring (bicyclic) bond motifs is 2. The summed E-state index contributed by atoms with van der Waals surface area (Å²) in [5, 5.41) is 0.584. The normalized spacial score (nSPS) is 25.6. The Morgan fingerprint density at radius 2 is 2.20 bits per heavy atom. The molecule has 6 nitrogen and oxygen atoms in total. The highest BCUT2D eigenvalue weighted by molar-refractivity contribution is 7.92. The predicted molar refractivity (Wildman–Crippen MR) is 94.6 cm³/mol. The van der Waals surface area contributed by atoms with Gasteiger partial charge in [-0.1, -0.05) is 17.7 Å². The molecule has 0 saturated carbocycles. The summed E-state index contributed by atoms with van der Waals surface area (Å²) in [6.45, 7) is 0.781. The molecule has 2 saturated heterocycles. The number of hydrogen-bond acceptors (Lipinski definition) is 5. The first-order chi connectivity index (χ1) is 12.0. The second-order valence-electron chi connectivity index (χ2n) is 6.36. The fraction of sp³-hybridized carbons (Fsp3) is 0.412. The average molecular weight is 381 g/mol. The van der Waals surface area contributed by atoms with Crippen LogP contribution in [-0.4, -0.2) is 61.0 Å². The highest BCUT2D eigenvalue weighted by Gasteiger charge is 2.45. The summed E-state index contributed by atoms with van der Waals surface area (Å²) in [4.78, 5) is 19.2. The van der Waals surface area contributed by atoms with Crippen molar-refractivity contribution in [3.8, 4) is 0 Å². The van der Waals surface area contributed by atoms with E-state index in [0.29, 0.717) is 29.1 Å². The van der Waals surface area contributed by atoms with Crippen LogP contribution in [0, 0.1) is 0 Å². The number of sulfone groups is 1. The van der Waals surface area contributed by atoms with Gasteiger partial charge < -0.3 is 9.64 Å². The molecule has 0 spiro atoms. The molecule has 1 aromatic heterocycles. The summed E-state index contributed by atoms with van der Waals surface area (Å²) < 4.78 is 30.0. The number of amides is 1. The van der Waals surface area contributed by atoms with Gasteiger partial charge in [-0.05, 0) is 24.6 Å². The molecular weight excluding hydrogens is 364 g/mol. The Morgan fingerprint density at radius 1 is 1.36 bits per heavy atom. The molecule has 132 valence electrons. The lowest BCUT2D eigenvalue weighted by Crippen LogP contribution is -2.60. The van der Waals surface area contributed by atoms with Gasteiger partial charge in [0.05, 0.1) is 29.5 Å². The number of rotatable bonds is 1. The van der Waals surface area contributed by atoms with E-state index in [2.05, 4.69) is 4.98 Å². The molecule has 1 amide bonds. The molecule has 2 fully saturated rings. The third-order valence-corrected chi connectivity index (χ3v) is 7.25. The van der Waals surface area contributed by atoms with E-state index >= 15 is 0 Å². The van der Waals surface area contributed by atoms with Gasteiger partial charge in [-0.2, -0.15) is 0 Å². The molecule has 25 heavy (non-hydrogen) atoms. The summed E-state index contributed by atoms with van der Waals surface area (Å²) in [6, 6.07) is 6.64. The van der Waals surface area contributed by atoms with Gasteiger partial charge in [-0.15, -0.1) is 0 Å². The zero-order chi connectivity index (χ0) is 17.6. The molecule has 3 heterocycles. The molecule has 0 unspecified atom stereocenters. The molecule has 2 aromatic rings. The number of aromatic nitrogens is 1. The predicted octanol–water partition coefficient (Wildman–Crippen LogP) is 1.92. The minimum absolute atomic E-state index is 0.0464. The molecule has 2 aliphatic heterocycles. The van der Waals surface area contributed by atoms with Crippen LogP contribution in [0.3, 0.4) is 0 Å². The van der Waals surface area contributed by atoms with Crippen LogP contribution in [0.15, 0.2) is 30.5 Å². The molecule has 0 N–H and O–H groups in total. The molecular formula is C17H17ClN2O4S. The lowest BCUT2D eigenvalue weighted by molar-refractivity contribution is 0.0295. The number of carbonyl (C=O) groups excluding carboxylic acids is 1. The first-order valence-corrected chi connectivity index (χ1v) is 10.2. The fourth-order valence-electron chi connectivity index (χ4n) is 3.67. The van der Waals surface area contributed by atoms with E-state index in [1.807, 2.05) is 6.07 Å². The summed E-state index contributed by atoms with van der Waals surface area (Å²) in [5.74, 6) is -0.271. The van der Waals surface area contributed by atoms with Crippen LogP contribution in [0.5, 0.6) is 0 Å². The van der Waals surface area contributed by atoms with Crippen molar-refractivity contribution >= 4 is 38.2 Å². The van der Waals surface area contributed by atoms with Gasteiger partial charge in [0.1, 0.15) is 5.25 Å². The second kappa shape index (κ2) is 6.23. The van der Waals surface area contributed by atoms with E-state index in [4.69, 9.17) is 16.3 Å². The minimum atomic E-state index is -3.24. The molecule has 2 aliphatic rings. The van der Waals surface area contributed by atoms with Crippen molar-refractivity contribution in [2.24, 2.45) is 0 Å². The number of halogens is 1. The molecule has 1 aromatic carbocycles. The van der Waals surface area contributed by atoms with Crippen molar-refractivity contribution in [3.63, 3.8) is 0 Å². The van der Waals surface area contributed by atoms with E-state index in [9.17, 15) is 13.2 Å². The number of nitrogens with zero attached hydrogens (tertiary/aromatic N) is 2. The van der Waals surface area contributed by atoms with Gasteiger partial charge >= 0.3 is 0 Å². The first-order valence-electron chi connectivity index (χ1n) is 8.12. The highest BCUT2D eigenvalue weighted by atomic mass is 35.5. The van der Waals surface area contributed by atoms with Gasteiger partial charge in [-0.3, -0.25) is 9.78 Å². The number of benzene rings is 1.